The number of alkyl halides is 3. The van der Waals surface area contributed by atoms with E-state index >= 15 is 0 Å². The summed E-state index contributed by atoms with van der Waals surface area (Å²) >= 11 is 17.7. The summed E-state index contributed by atoms with van der Waals surface area (Å²) in [6.07, 6.45) is 0.321. The molecule has 0 aliphatic heterocycles. The first-order valence-corrected chi connectivity index (χ1v) is 9.41. The van der Waals surface area contributed by atoms with Crippen LogP contribution in [-0.2, 0) is 4.79 Å². The SMILES string of the molecule is CC1(C)C(CC(Cl)(Cl)Cl)C1C(=O)Oc1cccc(Oc2ccccc2)c1. The fourth-order valence-corrected chi connectivity index (χ4v) is 3.75. The zero-order valence-corrected chi connectivity index (χ0v) is 16.7. The molecule has 2 unspecified atom stereocenters. The van der Waals surface area contributed by atoms with Gasteiger partial charge in [-0.3, -0.25) is 4.79 Å². The summed E-state index contributed by atoms with van der Waals surface area (Å²) < 4.78 is 9.94. The Morgan fingerprint density at radius 1 is 1.00 bits per heavy atom. The molecule has 1 fully saturated rings. The predicted molar refractivity (Wildman–Crippen MR) is 104 cm³/mol. The number of benzene rings is 2. The Balaban J connectivity index is 1.66. The minimum atomic E-state index is -1.37. The van der Waals surface area contributed by atoms with Crippen LogP contribution in [0.1, 0.15) is 20.3 Å². The van der Waals surface area contributed by atoms with E-state index < -0.39 is 3.79 Å². The predicted octanol–water partition coefficient (Wildman–Crippen LogP) is 6.42. The molecule has 2 aromatic carbocycles. The van der Waals surface area contributed by atoms with Crippen molar-refractivity contribution in [2.75, 3.05) is 0 Å². The van der Waals surface area contributed by atoms with Crippen LogP contribution < -0.4 is 9.47 Å². The number of ether oxygens (including phenoxy) is 2. The maximum Gasteiger partial charge on any atom is 0.315 e. The highest BCUT2D eigenvalue weighted by molar-refractivity contribution is 6.67. The maximum absolute atomic E-state index is 12.6. The molecule has 3 nitrogen and oxygen atoms in total. The van der Waals surface area contributed by atoms with Gasteiger partial charge >= 0.3 is 5.97 Å². The second kappa shape index (κ2) is 7.30. The Labute approximate surface area is 168 Å². The van der Waals surface area contributed by atoms with Gasteiger partial charge in [0, 0.05) is 6.07 Å². The number of para-hydroxylation sites is 1. The number of esters is 1. The van der Waals surface area contributed by atoms with Crippen molar-refractivity contribution in [1.82, 2.24) is 0 Å². The molecule has 0 heterocycles. The summed E-state index contributed by atoms with van der Waals surface area (Å²) in [5.74, 6) is 1.10. The van der Waals surface area contributed by atoms with Crippen LogP contribution >= 0.6 is 34.8 Å². The van der Waals surface area contributed by atoms with Crippen LogP contribution in [0.15, 0.2) is 54.6 Å². The first kappa shape index (κ1) is 19.3. The molecule has 2 aromatic rings. The highest BCUT2D eigenvalue weighted by Crippen LogP contribution is 2.63. The first-order chi connectivity index (χ1) is 12.2. The molecule has 1 aliphatic rings. The molecule has 0 aromatic heterocycles. The van der Waals surface area contributed by atoms with Crippen molar-refractivity contribution >= 4 is 40.8 Å². The Kier molecular flexibility index (Phi) is 5.43. The summed E-state index contributed by atoms with van der Waals surface area (Å²) in [4.78, 5) is 12.6. The first-order valence-electron chi connectivity index (χ1n) is 8.28. The lowest BCUT2D eigenvalue weighted by Crippen LogP contribution is -2.14. The van der Waals surface area contributed by atoms with Crippen molar-refractivity contribution in [3.63, 3.8) is 0 Å². The Bertz CT molecular complexity index is 784. The van der Waals surface area contributed by atoms with Crippen LogP contribution in [0.25, 0.3) is 0 Å². The fourth-order valence-electron chi connectivity index (χ4n) is 3.25. The van der Waals surface area contributed by atoms with Crippen molar-refractivity contribution in [3.8, 4) is 17.2 Å². The monoisotopic (exact) mass is 412 g/mol. The van der Waals surface area contributed by atoms with Crippen molar-refractivity contribution in [2.24, 2.45) is 17.3 Å². The average molecular weight is 414 g/mol. The second-order valence-electron chi connectivity index (χ2n) is 7.04. The van der Waals surface area contributed by atoms with E-state index in [0.717, 1.165) is 0 Å². The topological polar surface area (TPSA) is 35.5 Å². The van der Waals surface area contributed by atoms with Crippen molar-refractivity contribution in [1.29, 1.82) is 0 Å². The largest absolute Gasteiger partial charge is 0.457 e. The van der Waals surface area contributed by atoms with E-state index in [2.05, 4.69) is 0 Å². The normalized spacial score (nSPS) is 21.1. The summed E-state index contributed by atoms with van der Waals surface area (Å²) in [6, 6.07) is 16.4. The lowest BCUT2D eigenvalue weighted by Gasteiger charge is -2.10. The highest BCUT2D eigenvalue weighted by atomic mass is 35.6. The number of carbonyl (C=O) groups excluding carboxylic acids is 1. The van der Waals surface area contributed by atoms with Gasteiger partial charge in [-0.2, -0.15) is 0 Å². The van der Waals surface area contributed by atoms with Gasteiger partial charge in [-0.15, -0.1) is 0 Å². The van der Waals surface area contributed by atoms with Crippen LogP contribution in [0, 0.1) is 17.3 Å². The van der Waals surface area contributed by atoms with Crippen molar-refractivity contribution in [2.45, 2.75) is 24.1 Å². The number of halogens is 3. The molecule has 2 atom stereocenters. The molecule has 138 valence electrons. The minimum Gasteiger partial charge on any atom is -0.457 e. The van der Waals surface area contributed by atoms with Gasteiger partial charge in [-0.1, -0.05) is 72.9 Å². The molecule has 26 heavy (non-hydrogen) atoms. The van der Waals surface area contributed by atoms with Gasteiger partial charge < -0.3 is 9.47 Å². The number of carbonyl (C=O) groups is 1. The molecule has 3 rings (SSSR count). The second-order valence-corrected chi connectivity index (χ2v) is 9.55. The van der Waals surface area contributed by atoms with Gasteiger partial charge in [-0.05, 0) is 42.0 Å². The fraction of sp³-hybridized carbons (Fsp3) is 0.350. The van der Waals surface area contributed by atoms with Crippen molar-refractivity contribution < 1.29 is 14.3 Å². The molecule has 1 aliphatic carbocycles. The van der Waals surface area contributed by atoms with Crippen LogP contribution in [0.5, 0.6) is 17.2 Å². The molecule has 0 spiro atoms. The van der Waals surface area contributed by atoms with E-state index in [1.165, 1.54) is 0 Å². The zero-order chi connectivity index (χ0) is 18.9. The Hall–Kier alpha value is -1.42. The molecule has 0 bridgehead atoms. The molecule has 0 N–H and O–H groups in total. The molecular formula is C20H19Cl3O3. The lowest BCUT2D eigenvalue weighted by atomic mass is 10.1. The molecule has 0 amide bonds. The van der Waals surface area contributed by atoms with E-state index in [0.29, 0.717) is 23.7 Å². The van der Waals surface area contributed by atoms with E-state index in [1.54, 1.807) is 24.3 Å². The van der Waals surface area contributed by atoms with E-state index in [-0.39, 0.29) is 23.2 Å². The minimum absolute atomic E-state index is 0.0220. The van der Waals surface area contributed by atoms with Gasteiger partial charge in [0.05, 0.1) is 5.92 Å². The molecule has 1 saturated carbocycles. The number of hydrogen-bond acceptors (Lipinski definition) is 3. The van der Waals surface area contributed by atoms with Gasteiger partial charge in [0.25, 0.3) is 0 Å². The molecular weight excluding hydrogens is 395 g/mol. The van der Waals surface area contributed by atoms with E-state index in [4.69, 9.17) is 44.3 Å². The molecule has 0 saturated heterocycles. The van der Waals surface area contributed by atoms with Gasteiger partial charge in [-0.25, -0.2) is 0 Å². The molecule has 0 radical (unpaired) electrons. The highest BCUT2D eigenvalue weighted by Gasteiger charge is 2.64. The van der Waals surface area contributed by atoms with Crippen LogP contribution in [0.4, 0.5) is 0 Å². The lowest BCUT2D eigenvalue weighted by molar-refractivity contribution is -0.136. The van der Waals surface area contributed by atoms with Gasteiger partial charge in [0.2, 0.25) is 0 Å². The smallest absolute Gasteiger partial charge is 0.315 e. The summed E-state index contributed by atoms with van der Waals surface area (Å²) in [5.41, 5.74) is -0.251. The Morgan fingerprint density at radius 3 is 2.27 bits per heavy atom. The van der Waals surface area contributed by atoms with Gasteiger partial charge in [0.1, 0.15) is 17.2 Å². The maximum atomic E-state index is 12.6. The van der Waals surface area contributed by atoms with E-state index in [1.807, 2.05) is 44.2 Å². The van der Waals surface area contributed by atoms with Crippen LogP contribution in [-0.4, -0.2) is 9.76 Å². The van der Waals surface area contributed by atoms with E-state index in [9.17, 15) is 4.79 Å². The zero-order valence-electron chi connectivity index (χ0n) is 14.4. The van der Waals surface area contributed by atoms with Crippen molar-refractivity contribution in [3.05, 3.63) is 54.6 Å². The van der Waals surface area contributed by atoms with Crippen LogP contribution in [0.3, 0.4) is 0 Å². The quantitative estimate of drug-likeness (QED) is 0.322. The summed E-state index contributed by atoms with van der Waals surface area (Å²) in [6.45, 7) is 3.96. The average Bonchev–Trinajstić information content (AvgIpc) is 3.07. The van der Waals surface area contributed by atoms with Crippen LogP contribution in [0.2, 0.25) is 0 Å². The third-order valence-electron chi connectivity index (χ3n) is 4.76. The van der Waals surface area contributed by atoms with Gasteiger partial charge in [0.15, 0.2) is 3.79 Å². The Morgan fingerprint density at radius 2 is 1.62 bits per heavy atom. The number of rotatable bonds is 5. The number of hydrogen-bond donors (Lipinski definition) is 0. The summed E-state index contributed by atoms with van der Waals surface area (Å²) in [5, 5.41) is 0. The standard InChI is InChI=1S/C20H19Cl3O3/c1-19(2)16(12-20(21,22)23)17(19)18(24)26-15-10-6-9-14(11-15)25-13-7-4-3-5-8-13/h3-11,16-17H,12H2,1-2H3. The third kappa shape index (κ3) is 4.64. The summed E-state index contributed by atoms with van der Waals surface area (Å²) in [7, 11) is 0. The molecule has 6 heteroatoms. The third-order valence-corrected chi connectivity index (χ3v) is 5.22.